The minimum Gasteiger partial charge on any atom is -0.492 e. The van der Waals surface area contributed by atoms with Gasteiger partial charge in [0.15, 0.2) is 6.61 Å². The Morgan fingerprint density at radius 3 is 2.11 bits per heavy atom. The van der Waals surface area contributed by atoms with Crippen molar-refractivity contribution >= 4 is 11.8 Å². The van der Waals surface area contributed by atoms with Gasteiger partial charge in [0.1, 0.15) is 18.1 Å². The highest BCUT2D eigenvalue weighted by atomic mass is 16.5. The van der Waals surface area contributed by atoms with Gasteiger partial charge in [0, 0.05) is 0 Å². The van der Waals surface area contributed by atoms with Gasteiger partial charge in [-0.05, 0) is 35.2 Å². The molecule has 2 aromatic rings. The Balaban J connectivity index is 1.58. The molecule has 0 atom stereocenters. The van der Waals surface area contributed by atoms with Gasteiger partial charge in [0.25, 0.3) is 5.91 Å². The first-order valence-corrected chi connectivity index (χ1v) is 9.29. The summed E-state index contributed by atoms with van der Waals surface area (Å²) in [5.41, 5.74) is 1.34. The van der Waals surface area contributed by atoms with Gasteiger partial charge < -0.3 is 20.1 Å². The molecule has 150 valence electrons. The molecule has 2 amide bonds. The quantitative estimate of drug-likeness (QED) is 0.652. The fourth-order valence-corrected chi connectivity index (χ4v) is 2.37. The molecule has 0 fully saturated rings. The molecular formula is C22H28N2O4. The van der Waals surface area contributed by atoms with Crippen LogP contribution in [0, 0.1) is 0 Å². The largest absolute Gasteiger partial charge is 0.492 e. The number of carbonyl (C=O) groups excluding carboxylic acids is 2. The number of amides is 2. The number of ether oxygens (including phenoxy) is 2. The van der Waals surface area contributed by atoms with Gasteiger partial charge >= 0.3 is 0 Å². The Bertz CT molecular complexity index is 752. The van der Waals surface area contributed by atoms with E-state index in [2.05, 4.69) is 31.4 Å². The maximum atomic E-state index is 11.8. The van der Waals surface area contributed by atoms with Crippen LogP contribution in [0.5, 0.6) is 11.5 Å². The second-order valence-corrected chi connectivity index (χ2v) is 7.35. The van der Waals surface area contributed by atoms with Crippen molar-refractivity contribution in [2.45, 2.75) is 26.2 Å². The number of carbonyl (C=O) groups is 2. The van der Waals surface area contributed by atoms with Gasteiger partial charge in [0.05, 0.1) is 13.1 Å². The number of nitrogens with one attached hydrogen (secondary N) is 2. The Kier molecular flexibility index (Phi) is 7.87. The van der Waals surface area contributed by atoms with Crippen molar-refractivity contribution in [1.82, 2.24) is 10.6 Å². The van der Waals surface area contributed by atoms with Crippen LogP contribution in [0.25, 0.3) is 0 Å². The fraction of sp³-hybridized carbons (Fsp3) is 0.364. The molecule has 0 heterocycles. The third-order valence-electron chi connectivity index (χ3n) is 3.97. The van der Waals surface area contributed by atoms with Gasteiger partial charge in [-0.2, -0.15) is 0 Å². The van der Waals surface area contributed by atoms with Gasteiger partial charge in [-0.15, -0.1) is 0 Å². The predicted molar refractivity (Wildman–Crippen MR) is 109 cm³/mol. The predicted octanol–water partition coefficient (Wildman–Crippen LogP) is 2.67. The molecule has 0 aliphatic heterocycles. The van der Waals surface area contributed by atoms with Crippen molar-refractivity contribution in [2.24, 2.45) is 0 Å². The van der Waals surface area contributed by atoms with Gasteiger partial charge in [-0.3, -0.25) is 9.59 Å². The number of para-hydroxylation sites is 1. The monoisotopic (exact) mass is 384 g/mol. The Hall–Kier alpha value is -3.02. The number of benzene rings is 2. The van der Waals surface area contributed by atoms with E-state index in [9.17, 15) is 9.59 Å². The second-order valence-electron chi connectivity index (χ2n) is 7.35. The lowest BCUT2D eigenvalue weighted by Crippen LogP contribution is -2.40. The lowest BCUT2D eigenvalue weighted by atomic mass is 9.87. The molecule has 0 saturated carbocycles. The summed E-state index contributed by atoms with van der Waals surface area (Å²) < 4.78 is 10.9. The molecule has 0 radical (unpaired) electrons. The van der Waals surface area contributed by atoms with E-state index < -0.39 is 0 Å². The summed E-state index contributed by atoms with van der Waals surface area (Å²) in [7, 11) is 0. The van der Waals surface area contributed by atoms with E-state index in [1.165, 1.54) is 5.56 Å². The molecular weight excluding hydrogens is 356 g/mol. The normalized spacial score (nSPS) is 10.8. The highest BCUT2D eigenvalue weighted by molar-refractivity contribution is 5.85. The molecule has 6 heteroatoms. The zero-order chi connectivity index (χ0) is 20.4. The van der Waals surface area contributed by atoms with E-state index in [1.54, 1.807) is 12.1 Å². The molecule has 0 aromatic heterocycles. The maximum Gasteiger partial charge on any atom is 0.258 e. The molecule has 2 rings (SSSR count). The van der Waals surface area contributed by atoms with E-state index in [4.69, 9.17) is 9.47 Å². The lowest BCUT2D eigenvalue weighted by molar-refractivity contribution is -0.127. The van der Waals surface area contributed by atoms with Crippen LogP contribution in [-0.4, -0.2) is 38.1 Å². The third kappa shape index (κ3) is 7.70. The molecule has 0 aliphatic carbocycles. The fourth-order valence-electron chi connectivity index (χ4n) is 2.37. The Labute approximate surface area is 166 Å². The summed E-state index contributed by atoms with van der Waals surface area (Å²) in [5, 5.41) is 5.21. The Morgan fingerprint density at radius 1 is 0.821 bits per heavy atom. The summed E-state index contributed by atoms with van der Waals surface area (Å²) in [6.45, 7) is 6.95. The van der Waals surface area contributed by atoms with E-state index in [0.717, 1.165) is 5.75 Å². The molecule has 2 aromatic carbocycles. The van der Waals surface area contributed by atoms with Crippen LogP contribution in [0.3, 0.4) is 0 Å². The Morgan fingerprint density at radius 2 is 1.46 bits per heavy atom. The van der Waals surface area contributed by atoms with Crippen molar-refractivity contribution in [3.63, 3.8) is 0 Å². The van der Waals surface area contributed by atoms with Crippen molar-refractivity contribution in [3.05, 3.63) is 60.2 Å². The number of hydrogen-bond donors (Lipinski definition) is 2. The minimum atomic E-state index is -0.353. The first kappa shape index (κ1) is 21.3. The highest BCUT2D eigenvalue weighted by Crippen LogP contribution is 2.24. The van der Waals surface area contributed by atoms with Crippen molar-refractivity contribution in [3.8, 4) is 11.5 Å². The standard InChI is InChI=1S/C22H28N2O4/c1-22(2,3)17-9-11-19(12-10-17)27-14-13-23-20(25)15-24-21(26)16-28-18-7-5-4-6-8-18/h4-12H,13-16H2,1-3H3,(H,23,25)(H,24,26). The molecule has 0 bridgehead atoms. The summed E-state index contributed by atoms with van der Waals surface area (Å²) >= 11 is 0. The van der Waals surface area contributed by atoms with Crippen molar-refractivity contribution in [1.29, 1.82) is 0 Å². The highest BCUT2D eigenvalue weighted by Gasteiger charge is 2.13. The second kappa shape index (κ2) is 10.3. The SMILES string of the molecule is CC(C)(C)c1ccc(OCCNC(=O)CNC(=O)COc2ccccc2)cc1. The van der Waals surface area contributed by atoms with Gasteiger partial charge in [0.2, 0.25) is 5.91 Å². The van der Waals surface area contributed by atoms with Gasteiger partial charge in [-0.1, -0.05) is 51.1 Å². The molecule has 0 spiro atoms. The zero-order valence-corrected chi connectivity index (χ0v) is 16.7. The van der Waals surface area contributed by atoms with Crippen molar-refractivity contribution < 1.29 is 19.1 Å². The topological polar surface area (TPSA) is 76.7 Å². The number of rotatable bonds is 9. The first-order chi connectivity index (χ1) is 13.3. The van der Waals surface area contributed by atoms with Crippen LogP contribution in [0.1, 0.15) is 26.3 Å². The van der Waals surface area contributed by atoms with Crippen LogP contribution in [-0.2, 0) is 15.0 Å². The first-order valence-electron chi connectivity index (χ1n) is 9.29. The maximum absolute atomic E-state index is 11.8. The van der Waals surface area contributed by atoms with Crippen LogP contribution in [0.4, 0.5) is 0 Å². The molecule has 0 saturated heterocycles. The average molecular weight is 384 g/mol. The number of hydrogen-bond acceptors (Lipinski definition) is 4. The third-order valence-corrected chi connectivity index (χ3v) is 3.97. The molecule has 0 unspecified atom stereocenters. The molecule has 2 N–H and O–H groups in total. The van der Waals surface area contributed by atoms with E-state index >= 15 is 0 Å². The summed E-state index contributed by atoms with van der Waals surface area (Å²) in [6.07, 6.45) is 0. The van der Waals surface area contributed by atoms with Crippen molar-refractivity contribution in [2.75, 3.05) is 26.3 Å². The average Bonchev–Trinajstić information content (AvgIpc) is 2.68. The lowest BCUT2D eigenvalue weighted by Gasteiger charge is -2.19. The van der Waals surface area contributed by atoms with Crippen LogP contribution in [0.2, 0.25) is 0 Å². The summed E-state index contributed by atoms with van der Waals surface area (Å²) in [4.78, 5) is 23.5. The zero-order valence-electron chi connectivity index (χ0n) is 16.7. The van der Waals surface area contributed by atoms with Crippen LogP contribution >= 0.6 is 0 Å². The van der Waals surface area contributed by atoms with Crippen LogP contribution in [0.15, 0.2) is 54.6 Å². The summed E-state index contributed by atoms with van der Waals surface area (Å²) in [6, 6.07) is 17.0. The summed E-state index contributed by atoms with van der Waals surface area (Å²) in [5.74, 6) is 0.734. The van der Waals surface area contributed by atoms with E-state index in [1.807, 2.05) is 42.5 Å². The van der Waals surface area contributed by atoms with E-state index in [0.29, 0.717) is 18.9 Å². The van der Waals surface area contributed by atoms with E-state index in [-0.39, 0.29) is 30.4 Å². The minimum absolute atomic E-state index is 0.0999. The molecule has 0 aliphatic rings. The molecule has 6 nitrogen and oxygen atoms in total. The smallest absolute Gasteiger partial charge is 0.258 e. The molecule has 28 heavy (non-hydrogen) atoms. The van der Waals surface area contributed by atoms with Gasteiger partial charge in [-0.25, -0.2) is 0 Å². The van der Waals surface area contributed by atoms with Crippen LogP contribution < -0.4 is 20.1 Å².